The monoisotopic (exact) mass is 414 g/mol. The number of carbonyl (C=O) groups excluding carboxylic acids is 1. The lowest BCUT2D eigenvalue weighted by Gasteiger charge is -2.16. The van der Waals surface area contributed by atoms with Crippen LogP contribution in [-0.4, -0.2) is 22.4 Å². The van der Waals surface area contributed by atoms with Gasteiger partial charge >= 0.3 is 0 Å². The minimum absolute atomic E-state index is 0.112. The molecule has 4 N–H and O–H groups in total. The van der Waals surface area contributed by atoms with E-state index >= 15 is 0 Å². The van der Waals surface area contributed by atoms with Crippen LogP contribution in [-0.2, 0) is 11.2 Å². The number of aromatic amines is 1. The van der Waals surface area contributed by atoms with E-state index in [1.165, 1.54) is 6.07 Å². The third kappa shape index (κ3) is 5.61. The van der Waals surface area contributed by atoms with Gasteiger partial charge in [0.05, 0.1) is 0 Å². The number of nitrogens with zero attached hydrogens (tertiary/aromatic N) is 1. The smallest absolute Gasteiger partial charge is 0.253 e. The molecule has 1 aromatic heterocycles. The van der Waals surface area contributed by atoms with E-state index in [1.54, 1.807) is 0 Å². The van der Waals surface area contributed by atoms with E-state index in [9.17, 15) is 9.59 Å². The summed E-state index contributed by atoms with van der Waals surface area (Å²) in [6, 6.07) is 18.0. The minimum atomic E-state index is -0.573. The van der Waals surface area contributed by atoms with Crippen molar-refractivity contribution >= 4 is 35.1 Å². The molecular weight excluding hydrogens is 396 g/mol. The number of anilines is 1. The average molecular weight is 415 g/mol. The molecule has 2 aromatic carbocycles. The molecule has 1 heterocycles. The Morgan fingerprint density at radius 2 is 1.89 bits per heavy atom. The quantitative estimate of drug-likeness (QED) is 0.407. The van der Waals surface area contributed by atoms with E-state index < -0.39 is 5.25 Å². The van der Waals surface area contributed by atoms with Gasteiger partial charge in [-0.2, -0.15) is 0 Å². The van der Waals surface area contributed by atoms with Crippen LogP contribution >= 0.6 is 23.4 Å². The summed E-state index contributed by atoms with van der Waals surface area (Å²) in [5.74, 6) is -0.0588. The zero-order chi connectivity index (χ0) is 19.9. The van der Waals surface area contributed by atoms with Gasteiger partial charge in [-0.15, -0.1) is 0 Å². The van der Waals surface area contributed by atoms with Crippen LogP contribution in [0.2, 0.25) is 5.02 Å². The zero-order valence-electron chi connectivity index (χ0n) is 14.9. The van der Waals surface area contributed by atoms with Crippen molar-refractivity contribution in [2.45, 2.75) is 16.8 Å². The molecule has 1 amide bonds. The molecule has 8 heteroatoms. The molecule has 3 rings (SSSR count). The summed E-state index contributed by atoms with van der Waals surface area (Å²) in [4.78, 5) is 31.2. The van der Waals surface area contributed by atoms with Crippen LogP contribution in [0.25, 0.3) is 0 Å². The second-order valence-electron chi connectivity index (χ2n) is 6.05. The average Bonchev–Trinajstić information content (AvgIpc) is 2.67. The summed E-state index contributed by atoms with van der Waals surface area (Å²) in [6.07, 6.45) is 0.683. The highest BCUT2D eigenvalue weighted by atomic mass is 35.5. The van der Waals surface area contributed by atoms with Crippen molar-refractivity contribution in [1.29, 1.82) is 0 Å². The van der Waals surface area contributed by atoms with Gasteiger partial charge in [0.15, 0.2) is 5.16 Å². The topological polar surface area (TPSA) is 101 Å². The molecule has 0 spiro atoms. The zero-order valence-corrected chi connectivity index (χ0v) is 16.5. The maximum atomic E-state index is 12.9. The first-order valence-electron chi connectivity index (χ1n) is 8.62. The number of nitrogen functional groups attached to an aromatic ring is 1. The molecule has 0 radical (unpaired) electrons. The van der Waals surface area contributed by atoms with Crippen molar-refractivity contribution in [2.24, 2.45) is 0 Å². The number of halogens is 1. The maximum absolute atomic E-state index is 12.9. The Morgan fingerprint density at radius 1 is 1.18 bits per heavy atom. The molecule has 0 unspecified atom stereocenters. The van der Waals surface area contributed by atoms with E-state index in [1.807, 2.05) is 54.6 Å². The van der Waals surface area contributed by atoms with Crippen LogP contribution in [0.3, 0.4) is 0 Å². The molecule has 0 aliphatic rings. The van der Waals surface area contributed by atoms with Crippen molar-refractivity contribution in [3.05, 3.63) is 87.2 Å². The van der Waals surface area contributed by atoms with Crippen molar-refractivity contribution < 1.29 is 4.79 Å². The predicted octanol–water partition coefficient (Wildman–Crippen LogP) is 3.20. The SMILES string of the molecule is Nc1cc(=O)[nH]c(S[C@@H](C(=O)NCCc2ccc(Cl)cc2)c2ccccc2)n1. The van der Waals surface area contributed by atoms with E-state index in [-0.39, 0.29) is 17.3 Å². The van der Waals surface area contributed by atoms with Gasteiger partial charge in [-0.05, 0) is 29.7 Å². The highest BCUT2D eigenvalue weighted by Crippen LogP contribution is 2.33. The fourth-order valence-corrected chi connectivity index (χ4v) is 3.75. The molecule has 0 saturated heterocycles. The van der Waals surface area contributed by atoms with E-state index in [4.69, 9.17) is 17.3 Å². The molecule has 1 atom stereocenters. The first-order valence-corrected chi connectivity index (χ1v) is 9.87. The molecule has 3 aromatic rings. The number of carbonyl (C=O) groups is 1. The summed E-state index contributed by atoms with van der Waals surface area (Å²) in [6.45, 7) is 0.477. The summed E-state index contributed by atoms with van der Waals surface area (Å²) in [7, 11) is 0. The third-order valence-electron chi connectivity index (χ3n) is 3.94. The van der Waals surface area contributed by atoms with Crippen LogP contribution in [0.5, 0.6) is 0 Å². The standard InChI is InChI=1S/C20H19ClN4O2S/c21-15-8-6-13(7-9-15)10-11-23-19(27)18(14-4-2-1-3-5-14)28-20-24-16(22)12-17(26)25-20/h1-9,12,18H,10-11H2,(H,23,27)(H3,22,24,25,26)/t18-/m1/s1. The summed E-state index contributed by atoms with van der Waals surface area (Å²) in [5, 5.41) is 3.35. The summed E-state index contributed by atoms with van der Waals surface area (Å²) >= 11 is 7.04. The number of amides is 1. The molecular formula is C20H19ClN4O2S. The normalized spacial score (nSPS) is 11.8. The first kappa shape index (κ1) is 20.0. The Labute approximate surface area is 171 Å². The second kappa shape index (κ2) is 9.43. The number of nitrogens with one attached hydrogen (secondary N) is 2. The number of hydrogen-bond acceptors (Lipinski definition) is 5. The van der Waals surface area contributed by atoms with Gasteiger partial charge in [-0.25, -0.2) is 4.98 Å². The number of rotatable bonds is 7. The van der Waals surface area contributed by atoms with Crippen LogP contribution in [0.15, 0.2) is 70.6 Å². The third-order valence-corrected chi connectivity index (χ3v) is 5.33. The summed E-state index contributed by atoms with van der Waals surface area (Å²) < 4.78 is 0. The minimum Gasteiger partial charge on any atom is -0.383 e. The number of nitrogens with two attached hydrogens (primary N) is 1. The van der Waals surface area contributed by atoms with Crippen molar-refractivity contribution in [3.63, 3.8) is 0 Å². The van der Waals surface area contributed by atoms with Crippen molar-refractivity contribution in [1.82, 2.24) is 15.3 Å². The van der Waals surface area contributed by atoms with Gasteiger partial charge in [0.1, 0.15) is 11.1 Å². The number of hydrogen-bond donors (Lipinski definition) is 3. The molecule has 28 heavy (non-hydrogen) atoms. The Kier molecular flexibility index (Phi) is 6.73. The highest BCUT2D eigenvalue weighted by molar-refractivity contribution is 8.00. The molecule has 0 saturated carbocycles. The lowest BCUT2D eigenvalue weighted by atomic mass is 10.1. The largest absolute Gasteiger partial charge is 0.383 e. The number of thioether (sulfide) groups is 1. The van der Waals surface area contributed by atoms with E-state index in [0.29, 0.717) is 23.1 Å². The summed E-state index contributed by atoms with van der Waals surface area (Å²) in [5.41, 5.74) is 7.18. The molecule has 0 aliphatic heterocycles. The Morgan fingerprint density at radius 3 is 2.57 bits per heavy atom. The van der Waals surface area contributed by atoms with E-state index in [0.717, 1.165) is 22.9 Å². The lowest BCUT2D eigenvalue weighted by Crippen LogP contribution is -2.30. The molecule has 6 nitrogen and oxygen atoms in total. The Bertz CT molecular complexity index is 993. The Hall–Kier alpha value is -2.77. The molecule has 0 fully saturated rings. The van der Waals surface area contributed by atoms with Gasteiger partial charge in [0, 0.05) is 17.6 Å². The van der Waals surface area contributed by atoms with Gasteiger partial charge in [-0.1, -0.05) is 65.8 Å². The van der Waals surface area contributed by atoms with Crippen LogP contribution in [0.1, 0.15) is 16.4 Å². The van der Waals surface area contributed by atoms with Gasteiger partial charge < -0.3 is 16.0 Å². The van der Waals surface area contributed by atoms with Crippen LogP contribution in [0, 0.1) is 0 Å². The van der Waals surface area contributed by atoms with Crippen LogP contribution < -0.4 is 16.6 Å². The molecule has 144 valence electrons. The molecule has 0 bridgehead atoms. The van der Waals surface area contributed by atoms with Gasteiger partial charge in [0.25, 0.3) is 5.56 Å². The number of aromatic nitrogens is 2. The first-order chi connectivity index (χ1) is 13.5. The second-order valence-corrected chi connectivity index (χ2v) is 7.58. The van der Waals surface area contributed by atoms with Gasteiger partial charge in [-0.3, -0.25) is 9.59 Å². The van der Waals surface area contributed by atoms with Crippen LogP contribution in [0.4, 0.5) is 5.82 Å². The van der Waals surface area contributed by atoms with Gasteiger partial charge in [0.2, 0.25) is 5.91 Å². The highest BCUT2D eigenvalue weighted by Gasteiger charge is 2.23. The van der Waals surface area contributed by atoms with Crippen molar-refractivity contribution in [3.8, 4) is 0 Å². The fourth-order valence-electron chi connectivity index (χ4n) is 2.60. The van der Waals surface area contributed by atoms with E-state index in [2.05, 4.69) is 15.3 Å². The number of benzene rings is 2. The maximum Gasteiger partial charge on any atom is 0.253 e. The van der Waals surface area contributed by atoms with Crippen molar-refractivity contribution in [2.75, 3.05) is 12.3 Å². The fraction of sp³-hybridized carbons (Fsp3) is 0.150. The Balaban J connectivity index is 1.71. The number of H-pyrrole nitrogens is 1. The predicted molar refractivity (Wildman–Crippen MR) is 112 cm³/mol. The molecule has 0 aliphatic carbocycles. The lowest BCUT2D eigenvalue weighted by molar-refractivity contribution is -0.120.